The zero-order valence-electron chi connectivity index (χ0n) is 17.1. The van der Waals surface area contributed by atoms with Gasteiger partial charge in [-0.1, -0.05) is 25.0 Å². The molecule has 1 aliphatic carbocycles. The number of nitrogens with one attached hydrogen (secondary N) is 2. The summed E-state index contributed by atoms with van der Waals surface area (Å²) in [7, 11) is 1.56. The summed E-state index contributed by atoms with van der Waals surface area (Å²) in [6, 6.07) is 5.94. The largest absolute Gasteiger partial charge is 0.504 e. The van der Waals surface area contributed by atoms with E-state index in [0.717, 1.165) is 37.0 Å². The molecule has 2 fully saturated rings. The number of benzene rings is 1. The molecule has 1 aromatic rings. The number of hydrogen-bond donors (Lipinski definition) is 3. The van der Waals surface area contributed by atoms with Gasteiger partial charge in [0.2, 0.25) is 0 Å². The van der Waals surface area contributed by atoms with Crippen molar-refractivity contribution in [1.82, 2.24) is 15.5 Å². The SMILES string of the molecule is CCNC(=NCc1cccc(OC)c1O)NC1CCN(CC2CCCC2)C1.I. The first-order valence-corrected chi connectivity index (χ1v) is 10.3. The molecule has 0 bridgehead atoms. The number of hydrogen-bond acceptors (Lipinski definition) is 4. The number of methoxy groups -OCH3 is 1. The number of rotatable bonds is 7. The van der Waals surface area contributed by atoms with Crippen LogP contribution in [0.5, 0.6) is 11.5 Å². The quantitative estimate of drug-likeness (QED) is 0.303. The van der Waals surface area contributed by atoms with Crippen molar-refractivity contribution in [2.24, 2.45) is 10.9 Å². The van der Waals surface area contributed by atoms with Crippen molar-refractivity contribution in [1.29, 1.82) is 0 Å². The Morgan fingerprint density at radius 3 is 2.79 bits per heavy atom. The van der Waals surface area contributed by atoms with E-state index < -0.39 is 0 Å². The Kier molecular flexibility index (Phi) is 9.64. The third-order valence-corrected chi connectivity index (χ3v) is 5.66. The first-order chi connectivity index (χ1) is 13.2. The van der Waals surface area contributed by atoms with Gasteiger partial charge in [0.15, 0.2) is 17.5 Å². The summed E-state index contributed by atoms with van der Waals surface area (Å²) >= 11 is 0. The van der Waals surface area contributed by atoms with E-state index in [0.29, 0.717) is 18.3 Å². The molecule has 0 radical (unpaired) electrons. The molecule has 0 amide bonds. The Morgan fingerprint density at radius 1 is 1.29 bits per heavy atom. The highest BCUT2D eigenvalue weighted by Gasteiger charge is 2.26. The second-order valence-corrected chi connectivity index (χ2v) is 7.70. The van der Waals surface area contributed by atoms with Crippen LogP contribution in [0.1, 0.15) is 44.6 Å². The fraction of sp³-hybridized carbons (Fsp3) is 0.667. The minimum absolute atomic E-state index is 0. The number of aliphatic imine (C=N–C) groups is 1. The smallest absolute Gasteiger partial charge is 0.191 e. The average Bonchev–Trinajstić information content (AvgIpc) is 3.33. The van der Waals surface area contributed by atoms with E-state index in [2.05, 4.69) is 27.4 Å². The molecule has 1 saturated carbocycles. The maximum Gasteiger partial charge on any atom is 0.191 e. The molecule has 0 spiro atoms. The van der Waals surface area contributed by atoms with Crippen LogP contribution in [0.2, 0.25) is 0 Å². The van der Waals surface area contributed by atoms with Crippen LogP contribution in [0.25, 0.3) is 0 Å². The van der Waals surface area contributed by atoms with Gasteiger partial charge in [0, 0.05) is 37.8 Å². The Labute approximate surface area is 186 Å². The summed E-state index contributed by atoms with van der Waals surface area (Å²) in [5.74, 6) is 2.37. The van der Waals surface area contributed by atoms with Crippen molar-refractivity contribution in [2.45, 2.75) is 51.6 Å². The van der Waals surface area contributed by atoms with Crippen LogP contribution in [0.4, 0.5) is 0 Å². The van der Waals surface area contributed by atoms with Crippen molar-refractivity contribution in [3.8, 4) is 11.5 Å². The van der Waals surface area contributed by atoms with Crippen molar-refractivity contribution >= 4 is 29.9 Å². The number of aromatic hydroxyl groups is 1. The number of guanidine groups is 1. The fourth-order valence-electron chi connectivity index (χ4n) is 4.21. The molecule has 28 heavy (non-hydrogen) atoms. The van der Waals surface area contributed by atoms with Crippen molar-refractivity contribution in [3.63, 3.8) is 0 Å². The molecular formula is C21H35IN4O2. The molecule has 1 aromatic carbocycles. The van der Waals surface area contributed by atoms with Gasteiger partial charge in [-0.15, -0.1) is 24.0 Å². The maximum atomic E-state index is 10.2. The molecule has 1 aliphatic heterocycles. The standard InChI is InChI=1S/C21H34N4O2.HI/c1-3-22-21(23-13-17-9-6-10-19(27-2)20(17)26)24-18-11-12-25(15-18)14-16-7-4-5-8-16;/h6,9-10,16,18,26H,3-5,7-8,11-15H2,1-2H3,(H2,22,23,24);1H. The molecule has 7 heteroatoms. The number of ether oxygens (including phenoxy) is 1. The molecule has 1 saturated heterocycles. The summed E-state index contributed by atoms with van der Waals surface area (Å²) in [4.78, 5) is 7.27. The van der Waals surface area contributed by atoms with Crippen LogP contribution < -0.4 is 15.4 Å². The monoisotopic (exact) mass is 502 g/mol. The first-order valence-electron chi connectivity index (χ1n) is 10.3. The maximum absolute atomic E-state index is 10.2. The zero-order chi connectivity index (χ0) is 19.1. The molecule has 2 aliphatic rings. The van der Waals surface area contributed by atoms with Crippen LogP contribution in [0.3, 0.4) is 0 Å². The van der Waals surface area contributed by atoms with Crippen LogP contribution in [-0.2, 0) is 6.54 Å². The molecule has 1 unspecified atom stereocenters. The molecule has 3 N–H and O–H groups in total. The summed E-state index contributed by atoms with van der Waals surface area (Å²) in [5, 5.41) is 17.1. The number of phenols is 1. The van der Waals surface area contributed by atoms with Gasteiger partial charge < -0.3 is 25.4 Å². The highest BCUT2D eigenvalue weighted by atomic mass is 127. The zero-order valence-corrected chi connectivity index (χ0v) is 19.4. The van der Waals surface area contributed by atoms with Gasteiger partial charge in [0.05, 0.1) is 13.7 Å². The van der Waals surface area contributed by atoms with Crippen molar-refractivity contribution in [2.75, 3.05) is 33.3 Å². The number of likely N-dealkylation sites (tertiary alicyclic amines) is 1. The molecule has 3 rings (SSSR count). The van der Waals surface area contributed by atoms with E-state index >= 15 is 0 Å². The Bertz CT molecular complexity index is 635. The Hall–Kier alpha value is -1.22. The van der Waals surface area contributed by atoms with Crippen LogP contribution in [-0.4, -0.2) is 55.3 Å². The average molecular weight is 502 g/mol. The summed E-state index contributed by atoms with van der Waals surface area (Å²) in [5.41, 5.74) is 0.765. The lowest BCUT2D eigenvalue weighted by Gasteiger charge is -2.21. The van der Waals surface area contributed by atoms with Crippen molar-refractivity contribution < 1.29 is 9.84 Å². The lowest BCUT2D eigenvalue weighted by Crippen LogP contribution is -2.44. The van der Waals surface area contributed by atoms with Gasteiger partial charge in [0.25, 0.3) is 0 Å². The second kappa shape index (κ2) is 11.7. The molecule has 158 valence electrons. The highest BCUT2D eigenvalue weighted by Crippen LogP contribution is 2.30. The summed E-state index contributed by atoms with van der Waals surface area (Å²) in [6.07, 6.45) is 6.79. The van der Waals surface area contributed by atoms with E-state index in [4.69, 9.17) is 4.74 Å². The molecule has 6 nitrogen and oxygen atoms in total. The molecule has 1 heterocycles. The predicted octanol–water partition coefficient (Wildman–Crippen LogP) is 3.34. The topological polar surface area (TPSA) is 69.1 Å². The van der Waals surface area contributed by atoms with E-state index in [9.17, 15) is 5.11 Å². The van der Waals surface area contributed by atoms with E-state index in [1.54, 1.807) is 13.2 Å². The van der Waals surface area contributed by atoms with Gasteiger partial charge in [-0.2, -0.15) is 0 Å². The Balaban J connectivity index is 0.00000280. The fourth-order valence-corrected chi connectivity index (χ4v) is 4.21. The summed E-state index contributed by atoms with van der Waals surface area (Å²) in [6.45, 7) is 6.81. The molecule has 0 aromatic heterocycles. The minimum Gasteiger partial charge on any atom is -0.504 e. The minimum atomic E-state index is 0. The number of halogens is 1. The number of para-hydroxylation sites is 1. The van der Waals surface area contributed by atoms with Crippen LogP contribution >= 0.6 is 24.0 Å². The highest BCUT2D eigenvalue weighted by molar-refractivity contribution is 14.0. The normalized spacial score (nSPS) is 20.8. The predicted molar refractivity (Wildman–Crippen MR) is 125 cm³/mol. The van der Waals surface area contributed by atoms with Crippen LogP contribution in [0, 0.1) is 5.92 Å². The lowest BCUT2D eigenvalue weighted by atomic mass is 10.1. The third-order valence-electron chi connectivity index (χ3n) is 5.66. The summed E-state index contributed by atoms with van der Waals surface area (Å²) < 4.78 is 5.18. The Morgan fingerprint density at radius 2 is 2.07 bits per heavy atom. The number of nitrogens with zero attached hydrogens (tertiary/aromatic N) is 2. The van der Waals surface area contributed by atoms with E-state index in [1.165, 1.54) is 38.8 Å². The molecular weight excluding hydrogens is 467 g/mol. The second-order valence-electron chi connectivity index (χ2n) is 7.70. The van der Waals surface area contributed by atoms with Gasteiger partial charge in [-0.05, 0) is 38.2 Å². The van der Waals surface area contributed by atoms with E-state index in [1.807, 2.05) is 12.1 Å². The van der Waals surface area contributed by atoms with E-state index in [-0.39, 0.29) is 29.7 Å². The van der Waals surface area contributed by atoms with Gasteiger partial charge in [0.1, 0.15) is 0 Å². The first kappa shape index (κ1) is 23.1. The molecule has 1 atom stereocenters. The van der Waals surface area contributed by atoms with Gasteiger partial charge in [-0.25, -0.2) is 4.99 Å². The lowest BCUT2D eigenvalue weighted by molar-refractivity contribution is 0.275. The third kappa shape index (κ3) is 6.40. The van der Waals surface area contributed by atoms with Gasteiger partial charge >= 0.3 is 0 Å². The number of phenolic OH excluding ortho intramolecular Hbond substituents is 1. The van der Waals surface area contributed by atoms with Gasteiger partial charge in [-0.3, -0.25) is 0 Å². The van der Waals surface area contributed by atoms with Crippen molar-refractivity contribution in [3.05, 3.63) is 23.8 Å². The van der Waals surface area contributed by atoms with Crippen LogP contribution in [0.15, 0.2) is 23.2 Å².